The monoisotopic (exact) mass is 369 g/mol. The van der Waals surface area contributed by atoms with E-state index in [0.717, 1.165) is 42.9 Å². The van der Waals surface area contributed by atoms with Crippen molar-refractivity contribution in [3.63, 3.8) is 0 Å². The summed E-state index contributed by atoms with van der Waals surface area (Å²) < 4.78 is 10.4. The van der Waals surface area contributed by atoms with Crippen molar-refractivity contribution >= 4 is 34.6 Å². The highest BCUT2D eigenvalue weighted by Gasteiger charge is 2.34. The van der Waals surface area contributed by atoms with E-state index < -0.39 is 0 Å². The summed E-state index contributed by atoms with van der Waals surface area (Å²) in [5.74, 6) is 2.17. The lowest BCUT2D eigenvalue weighted by atomic mass is 10.0. The Labute approximate surface area is 155 Å². The van der Waals surface area contributed by atoms with Crippen molar-refractivity contribution in [1.82, 2.24) is 14.3 Å². The average Bonchev–Trinajstić information content (AvgIpc) is 3.37. The van der Waals surface area contributed by atoms with Crippen LogP contribution in [0.5, 0.6) is 5.75 Å². The Morgan fingerprint density at radius 3 is 3.04 bits per heavy atom. The Morgan fingerprint density at radius 1 is 1.31 bits per heavy atom. The van der Waals surface area contributed by atoms with Crippen molar-refractivity contribution in [1.29, 1.82) is 0 Å². The van der Waals surface area contributed by atoms with Crippen LogP contribution in [0.4, 0.5) is 15.6 Å². The van der Waals surface area contributed by atoms with Gasteiger partial charge in [-0.15, -0.1) is 0 Å². The fraction of sp³-hybridized carbons (Fsp3) is 0.444. The molecule has 0 bridgehead atoms. The molecule has 0 radical (unpaired) electrons. The summed E-state index contributed by atoms with van der Waals surface area (Å²) in [6.45, 7) is 1.13. The molecular formula is C18H19N5O2S. The van der Waals surface area contributed by atoms with Crippen LogP contribution in [0.25, 0.3) is 0 Å². The van der Waals surface area contributed by atoms with Crippen molar-refractivity contribution in [3.05, 3.63) is 29.6 Å². The molecule has 3 aliphatic rings. The minimum atomic E-state index is -0.142. The van der Waals surface area contributed by atoms with Gasteiger partial charge in [0.15, 0.2) is 0 Å². The lowest BCUT2D eigenvalue weighted by Crippen LogP contribution is -2.57. The standard InChI is InChI=1S/C18H19N5O2S/c24-18(21-17-20-16(22-26-17)12-6-7-12)23-9-13(10-23)25-14-5-1-3-11-4-2-8-19-15(11)14/h1,3,5,8,12-13H,2,4,6-7,9-10H2,(H,20,21,22,24). The van der Waals surface area contributed by atoms with Crippen LogP contribution < -0.4 is 10.1 Å². The molecule has 0 atom stereocenters. The summed E-state index contributed by atoms with van der Waals surface area (Å²) >= 11 is 1.25. The Morgan fingerprint density at radius 2 is 2.19 bits per heavy atom. The molecule has 1 aromatic heterocycles. The number of carbonyl (C=O) groups excluding carboxylic acids is 1. The minimum Gasteiger partial charge on any atom is -0.484 e. The van der Waals surface area contributed by atoms with Crippen molar-refractivity contribution in [3.8, 4) is 5.75 Å². The zero-order valence-corrected chi connectivity index (χ0v) is 15.0. The van der Waals surface area contributed by atoms with Crippen molar-refractivity contribution in [2.45, 2.75) is 37.7 Å². The predicted octanol–water partition coefficient (Wildman–Crippen LogP) is 3.36. The Hall–Kier alpha value is -2.48. The SMILES string of the molecule is O=C(Nc1nc(C2CC2)ns1)N1CC(Oc2cccc3c2N=CCC3)C1. The number of rotatable bonds is 4. The lowest BCUT2D eigenvalue weighted by Gasteiger charge is -2.38. The summed E-state index contributed by atoms with van der Waals surface area (Å²) in [5, 5.41) is 3.41. The zero-order chi connectivity index (χ0) is 17.5. The molecular weight excluding hydrogens is 350 g/mol. The van der Waals surface area contributed by atoms with Gasteiger partial charge in [-0.3, -0.25) is 10.3 Å². The lowest BCUT2D eigenvalue weighted by molar-refractivity contribution is 0.0496. The van der Waals surface area contributed by atoms with E-state index in [1.54, 1.807) is 4.90 Å². The van der Waals surface area contributed by atoms with Gasteiger partial charge in [-0.25, -0.2) is 9.78 Å². The first-order chi connectivity index (χ1) is 12.8. The maximum atomic E-state index is 12.3. The molecule has 0 unspecified atom stereocenters. The number of para-hydroxylation sites is 1. The Bertz CT molecular complexity index is 870. The van der Waals surface area contributed by atoms with E-state index >= 15 is 0 Å². The summed E-state index contributed by atoms with van der Waals surface area (Å²) in [7, 11) is 0. The molecule has 134 valence electrons. The van der Waals surface area contributed by atoms with Gasteiger partial charge in [-0.05, 0) is 37.3 Å². The van der Waals surface area contributed by atoms with Crippen LogP contribution >= 0.6 is 11.5 Å². The molecule has 1 N–H and O–H groups in total. The molecule has 0 spiro atoms. The van der Waals surface area contributed by atoms with E-state index in [-0.39, 0.29) is 12.1 Å². The molecule has 7 nitrogen and oxygen atoms in total. The third-order valence-electron chi connectivity index (χ3n) is 4.87. The molecule has 1 saturated heterocycles. The van der Waals surface area contributed by atoms with E-state index in [0.29, 0.717) is 24.1 Å². The van der Waals surface area contributed by atoms with E-state index in [4.69, 9.17) is 4.74 Å². The first kappa shape index (κ1) is 15.7. The highest BCUT2D eigenvalue weighted by atomic mass is 32.1. The summed E-state index contributed by atoms with van der Waals surface area (Å²) in [5.41, 5.74) is 2.16. The number of benzene rings is 1. The third-order valence-corrected chi connectivity index (χ3v) is 5.52. The number of aliphatic imine (C=N–C) groups is 1. The molecule has 1 aliphatic carbocycles. The van der Waals surface area contributed by atoms with Crippen molar-refractivity contribution in [2.24, 2.45) is 4.99 Å². The van der Waals surface area contributed by atoms with E-state index in [1.807, 2.05) is 18.3 Å². The quantitative estimate of drug-likeness (QED) is 0.896. The van der Waals surface area contributed by atoms with Crippen LogP contribution in [-0.4, -0.2) is 45.7 Å². The van der Waals surface area contributed by atoms with Gasteiger partial charge in [-0.1, -0.05) is 12.1 Å². The molecule has 1 aromatic carbocycles. The Balaban J connectivity index is 1.16. The smallest absolute Gasteiger partial charge is 0.323 e. The van der Waals surface area contributed by atoms with Gasteiger partial charge in [0.25, 0.3) is 0 Å². The highest BCUT2D eigenvalue weighted by molar-refractivity contribution is 7.09. The molecule has 5 rings (SSSR count). The van der Waals surface area contributed by atoms with Crippen LogP contribution in [0.2, 0.25) is 0 Å². The van der Waals surface area contributed by atoms with Gasteiger partial charge in [0, 0.05) is 23.7 Å². The van der Waals surface area contributed by atoms with Gasteiger partial charge in [0.05, 0.1) is 13.1 Å². The Kier molecular flexibility index (Phi) is 3.85. The van der Waals surface area contributed by atoms with Gasteiger partial charge in [0.2, 0.25) is 5.13 Å². The molecule has 2 amide bonds. The molecule has 2 aliphatic heterocycles. The van der Waals surface area contributed by atoms with Crippen LogP contribution in [0.15, 0.2) is 23.2 Å². The minimum absolute atomic E-state index is 0.000761. The average molecular weight is 369 g/mol. The number of hydrogen-bond acceptors (Lipinski definition) is 6. The van der Waals surface area contributed by atoms with Crippen molar-refractivity contribution in [2.75, 3.05) is 18.4 Å². The van der Waals surface area contributed by atoms with Crippen LogP contribution in [0, 0.1) is 0 Å². The number of likely N-dealkylation sites (tertiary alicyclic amines) is 1. The number of nitrogens with zero attached hydrogens (tertiary/aromatic N) is 4. The van der Waals surface area contributed by atoms with Crippen LogP contribution in [-0.2, 0) is 6.42 Å². The predicted molar refractivity (Wildman–Crippen MR) is 99.8 cm³/mol. The number of aromatic nitrogens is 2. The van der Waals surface area contributed by atoms with Gasteiger partial charge in [0.1, 0.15) is 23.4 Å². The maximum absolute atomic E-state index is 12.3. The summed E-state index contributed by atoms with van der Waals surface area (Å²) in [6, 6.07) is 5.91. The number of fused-ring (bicyclic) bond motifs is 1. The number of ether oxygens (including phenoxy) is 1. The number of aryl methyl sites for hydroxylation is 1. The summed E-state index contributed by atoms with van der Waals surface area (Å²) in [4.78, 5) is 22.9. The first-order valence-electron chi connectivity index (χ1n) is 8.97. The van der Waals surface area contributed by atoms with E-state index in [2.05, 4.69) is 25.7 Å². The highest BCUT2D eigenvalue weighted by Crippen LogP contribution is 2.39. The maximum Gasteiger partial charge on any atom is 0.323 e. The number of anilines is 1. The van der Waals surface area contributed by atoms with Crippen molar-refractivity contribution < 1.29 is 9.53 Å². The van der Waals surface area contributed by atoms with Gasteiger partial charge < -0.3 is 9.64 Å². The van der Waals surface area contributed by atoms with Crippen LogP contribution in [0.1, 0.15) is 36.6 Å². The topological polar surface area (TPSA) is 79.7 Å². The molecule has 1 saturated carbocycles. The number of urea groups is 1. The van der Waals surface area contributed by atoms with E-state index in [9.17, 15) is 4.79 Å². The third kappa shape index (κ3) is 3.05. The van der Waals surface area contributed by atoms with Crippen LogP contribution in [0.3, 0.4) is 0 Å². The fourth-order valence-corrected chi connectivity index (χ4v) is 3.85. The largest absolute Gasteiger partial charge is 0.484 e. The molecule has 8 heteroatoms. The van der Waals surface area contributed by atoms with E-state index in [1.165, 1.54) is 17.1 Å². The second-order valence-corrected chi connectivity index (χ2v) is 7.67. The summed E-state index contributed by atoms with van der Waals surface area (Å²) in [6.07, 6.45) is 6.22. The zero-order valence-electron chi connectivity index (χ0n) is 14.2. The number of nitrogens with one attached hydrogen (secondary N) is 1. The number of carbonyl (C=O) groups is 1. The normalized spacial score (nSPS) is 19.0. The molecule has 3 heterocycles. The van der Waals surface area contributed by atoms with Gasteiger partial charge >= 0.3 is 6.03 Å². The molecule has 2 fully saturated rings. The van der Waals surface area contributed by atoms with Gasteiger partial charge in [-0.2, -0.15) is 4.37 Å². The second-order valence-electron chi connectivity index (χ2n) is 6.92. The number of hydrogen-bond donors (Lipinski definition) is 1. The second kappa shape index (κ2) is 6.35. The number of amides is 2. The fourth-order valence-electron chi connectivity index (χ4n) is 3.21. The molecule has 2 aromatic rings. The first-order valence-corrected chi connectivity index (χ1v) is 9.74. The molecule has 26 heavy (non-hydrogen) atoms.